The molecule has 90 valence electrons. The summed E-state index contributed by atoms with van der Waals surface area (Å²) in [5.41, 5.74) is 4.83. The lowest BCUT2D eigenvalue weighted by atomic mass is 10.2. The van der Waals surface area contributed by atoms with Gasteiger partial charge in [0.15, 0.2) is 5.82 Å². The summed E-state index contributed by atoms with van der Waals surface area (Å²) >= 11 is 0. The second-order valence-corrected chi connectivity index (χ2v) is 3.15. The minimum Gasteiger partial charge on any atom is -0.481 e. The molecule has 0 spiro atoms. The number of aliphatic carboxylic acids is 1. The van der Waals surface area contributed by atoms with E-state index in [4.69, 9.17) is 10.8 Å². The number of carbonyl (C=O) groups is 2. The second-order valence-electron chi connectivity index (χ2n) is 3.15. The van der Waals surface area contributed by atoms with Crippen molar-refractivity contribution in [2.75, 3.05) is 0 Å². The van der Waals surface area contributed by atoms with Crippen LogP contribution in [0.15, 0.2) is 12.4 Å². The molecule has 0 aromatic carbocycles. The smallest absolute Gasteiger partial charge is 0.303 e. The van der Waals surface area contributed by atoms with Gasteiger partial charge in [0, 0.05) is 18.8 Å². The van der Waals surface area contributed by atoms with Gasteiger partial charge < -0.3 is 15.8 Å². The van der Waals surface area contributed by atoms with Crippen LogP contribution in [0, 0.1) is 0 Å². The van der Waals surface area contributed by atoms with Gasteiger partial charge in [-0.2, -0.15) is 0 Å². The number of rotatable bonds is 5. The van der Waals surface area contributed by atoms with E-state index in [0.29, 0.717) is 6.42 Å². The van der Waals surface area contributed by atoms with E-state index >= 15 is 0 Å². The maximum Gasteiger partial charge on any atom is 0.303 e. The molecule has 0 aliphatic rings. The summed E-state index contributed by atoms with van der Waals surface area (Å²) in [4.78, 5) is 26.2. The average molecular weight is 227 g/mol. The summed E-state index contributed by atoms with van der Waals surface area (Å²) in [6.07, 6.45) is 6.29. The minimum atomic E-state index is -0.682. The molecule has 1 heterocycles. The Balaban J connectivity index is 0.000000281. The standard InChI is InChI=1S/C6H12O2.C4H5N3O/c1-2-3-4-5-6(7)8;5-3(8)4-6-1-2-7-4/h2-5H2,1H3,(H,7,8);1-2H,(H2,5,8)(H,6,7). The SMILES string of the molecule is CCCCCC(=O)O.NC(=O)c1ncc[nH]1. The van der Waals surface area contributed by atoms with E-state index in [1.807, 2.05) is 0 Å². The third-order valence-electron chi connectivity index (χ3n) is 1.73. The number of aromatic nitrogens is 2. The fraction of sp³-hybridized carbons (Fsp3) is 0.500. The number of primary amides is 1. The number of aromatic amines is 1. The van der Waals surface area contributed by atoms with Gasteiger partial charge in [0.1, 0.15) is 0 Å². The lowest BCUT2D eigenvalue weighted by molar-refractivity contribution is -0.137. The first-order chi connectivity index (χ1) is 7.57. The molecule has 0 bridgehead atoms. The van der Waals surface area contributed by atoms with Crippen molar-refractivity contribution >= 4 is 11.9 Å². The van der Waals surface area contributed by atoms with Crippen LogP contribution in [0.25, 0.3) is 0 Å². The number of nitrogens with two attached hydrogens (primary N) is 1. The van der Waals surface area contributed by atoms with Crippen LogP contribution in [0.3, 0.4) is 0 Å². The number of imidazole rings is 1. The van der Waals surface area contributed by atoms with Gasteiger partial charge in [-0.1, -0.05) is 19.8 Å². The number of unbranched alkanes of at least 4 members (excludes halogenated alkanes) is 2. The maximum atomic E-state index is 10.2. The first kappa shape index (κ1) is 14.2. The summed E-state index contributed by atoms with van der Waals surface area (Å²) in [6, 6.07) is 0. The van der Waals surface area contributed by atoms with Crippen molar-refractivity contribution in [3.8, 4) is 0 Å². The Bertz CT molecular complexity index is 309. The van der Waals surface area contributed by atoms with Gasteiger partial charge >= 0.3 is 5.97 Å². The van der Waals surface area contributed by atoms with Gasteiger partial charge in [0.05, 0.1) is 0 Å². The Labute approximate surface area is 93.9 Å². The fourth-order valence-corrected chi connectivity index (χ4v) is 0.926. The molecule has 6 nitrogen and oxygen atoms in total. The molecule has 1 amide bonds. The first-order valence-corrected chi connectivity index (χ1v) is 5.09. The molecule has 1 aromatic rings. The van der Waals surface area contributed by atoms with Crippen molar-refractivity contribution in [1.29, 1.82) is 0 Å². The van der Waals surface area contributed by atoms with E-state index in [2.05, 4.69) is 16.9 Å². The predicted octanol–water partition coefficient (Wildman–Crippen LogP) is 1.16. The summed E-state index contributed by atoms with van der Waals surface area (Å²) < 4.78 is 0. The van der Waals surface area contributed by atoms with Crippen LogP contribution < -0.4 is 5.73 Å². The van der Waals surface area contributed by atoms with Crippen molar-refractivity contribution in [3.63, 3.8) is 0 Å². The molecule has 0 aliphatic heterocycles. The van der Waals surface area contributed by atoms with Gasteiger partial charge in [-0.15, -0.1) is 0 Å². The zero-order valence-corrected chi connectivity index (χ0v) is 9.27. The Morgan fingerprint density at radius 2 is 2.19 bits per heavy atom. The highest BCUT2D eigenvalue weighted by Gasteiger charge is 1.97. The highest BCUT2D eigenvalue weighted by Crippen LogP contribution is 1.97. The highest BCUT2D eigenvalue weighted by molar-refractivity contribution is 5.88. The van der Waals surface area contributed by atoms with E-state index in [0.717, 1.165) is 19.3 Å². The van der Waals surface area contributed by atoms with Gasteiger partial charge in [0.2, 0.25) is 0 Å². The van der Waals surface area contributed by atoms with Crippen molar-refractivity contribution in [2.45, 2.75) is 32.6 Å². The van der Waals surface area contributed by atoms with Gasteiger partial charge in [-0.3, -0.25) is 9.59 Å². The molecule has 1 rings (SSSR count). The van der Waals surface area contributed by atoms with Crippen LogP contribution in [-0.4, -0.2) is 27.0 Å². The van der Waals surface area contributed by atoms with Crippen LogP contribution in [-0.2, 0) is 4.79 Å². The fourth-order valence-electron chi connectivity index (χ4n) is 0.926. The summed E-state index contributed by atoms with van der Waals surface area (Å²) in [5, 5.41) is 8.14. The monoisotopic (exact) mass is 227 g/mol. The number of nitrogens with one attached hydrogen (secondary N) is 1. The van der Waals surface area contributed by atoms with Crippen molar-refractivity contribution in [3.05, 3.63) is 18.2 Å². The lowest BCUT2D eigenvalue weighted by Gasteiger charge is -1.89. The lowest BCUT2D eigenvalue weighted by Crippen LogP contribution is -2.12. The van der Waals surface area contributed by atoms with Crippen molar-refractivity contribution in [1.82, 2.24) is 9.97 Å². The van der Waals surface area contributed by atoms with Crippen LogP contribution >= 0.6 is 0 Å². The molecule has 0 saturated carbocycles. The van der Waals surface area contributed by atoms with Crippen LogP contribution in [0.4, 0.5) is 0 Å². The molecule has 0 aliphatic carbocycles. The molecule has 0 saturated heterocycles. The predicted molar refractivity (Wildman–Crippen MR) is 58.9 cm³/mol. The molecule has 6 heteroatoms. The maximum absolute atomic E-state index is 10.2. The number of carbonyl (C=O) groups excluding carboxylic acids is 1. The van der Waals surface area contributed by atoms with E-state index in [1.54, 1.807) is 6.20 Å². The first-order valence-electron chi connectivity index (χ1n) is 5.09. The molecular weight excluding hydrogens is 210 g/mol. The second kappa shape index (κ2) is 8.46. The Morgan fingerprint density at radius 3 is 2.50 bits per heavy atom. The van der Waals surface area contributed by atoms with E-state index in [-0.39, 0.29) is 5.82 Å². The summed E-state index contributed by atoms with van der Waals surface area (Å²) in [5.74, 6) is -1.02. The number of hydrogen-bond donors (Lipinski definition) is 3. The third-order valence-corrected chi connectivity index (χ3v) is 1.73. The highest BCUT2D eigenvalue weighted by atomic mass is 16.4. The largest absolute Gasteiger partial charge is 0.481 e. The normalized spacial score (nSPS) is 9.06. The molecule has 16 heavy (non-hydrogen) atoms. The number of carboxylic acids is 1. The van der Waals surface area contributed by atoms with Gasteiger partial charge in [-0.05, 0) is 6.42 Å². The number of amides is 1. The summed E-state index contributed by atoms with van der Waals surface area (Å²) in [6.45, 7) is 2.06. The average Bonchev–Trinajstić information content (AvgIpc) is 2.71. The molecular formula is C10H17N3O3. The summed E-state index contributed by atoms with van der Waals surface area (Å²) in [7, 11) is 0. The Morgan fingerprint density at radius 1 is 1.50 bits per heavy atom. The molecule has 0 unspecified atom stereocenters. The molecule has 1 aromatic heterocycles. The van der Waals surface area contributed by atoms with Crippen molar-refractivity contribution < 1.29 is 14.7 Å². The molecule has 0 radical (unpaired) electrons. The molecule has 4 N–H and O–H groups in total. The Kier molecular flexibility index (Phi) is 7.48. The number of nitrogens with zero attached hydrogens (tertiary/aromatic N) is 1. The van der Waals surface area contributed by atoms with Gasteiger partial charge in [-0.25, -0.2) is 4.98 Å². The van der Waals surface area contributed by atoms with Gasteiger partial charge in [0.25, 0.3) is 5.91 Å². The van der Waals surface area contributed by atoms with Crippen LogP contribution in [0.1, 0.15) is 43.2 Å². The number of hydrogen-bond acceptors (Lipinski definition) is 3. The molecule has 0 fully saturated rings. The minimum absolute atomic E-state index is 0.199. The van der Waals surface area contributed by atoms with E-state index in [9.17, 15) is 9.59 Å². The number of H-pyrrole nitrogens is 1. The van der Waals surface area contributed by atoms with Crippen LogP contribution in [0.5, 0.6) is 0 Å². The van der Waals surface area contributed by atoms with Crippen molar-refractivity contribution in [2.24, 2.45) is 5.73 Å². The van der Waals surface area contributed by atoms with E-state index in [1.165, 1.54) is 6.20 Å². The number of carboxylic acid groups (broad SMARTS) is 1. The van der Waals surface area contributed by atoms with E-state index < -0.39 is 11.9 Å². The Hall–Kier alpha value is -1.85. The molecule has 0 atom stereocenters. The topological polar surface area (TPSA) is 109 Å². The zero-order valence-electron chi connectivity index (χ0n) is 9.27. The quantitative estimate of drug-likeness (QED) is 0.655. The van der Waals surface area contributed by atoms with Crippen LogP contribution in [0.2, 0.25) is 0 Å². The zero-order chi connectivity index (χ0) is 12.4. The third kappa shape index (κ3) is 7.54.